The molecule has 0 fully saturated rings. The molecule has 0 aliphatic carbocycles. The van der Waals surface area contributed by atoms with Crippen LogP contribution in [0.5, 0.6) is 0 Å². The summed E-state index contributed by atoms with van der Waals surface area (Å²) >= 11 is 0. The number of aryl methyl sites for hydroxylation is 1. The summed E-state index contributed by atoms with van der Waals surface area (Å²) in [5.41, 5.74) is 3.39. The average molecular weight is 272 g/mol. The molecule has 4 nitrogen and oxygen atoms in total. The molecule has 1 aromatic heterocycles. The molecule has 1 N–H and O–H groups in total. The van der Waals surface area contributed by atoms with Crippen LogP contribution in [0.25, 0.3) is 0 Å². The zero-order valence-corrected chi connectivity index (χ0v) is 11.9. The van der Waals surface area contributed by atoms with Gasteiger partial charge in [-0.25, -0.2) is 0 Å². The highest BCUT2D eigenvalue weighted by Crippen LogP contribution is 2.08. The Morgan fingerprint density at radius 1 is 1.15 bits per heavy atom. The predicted octanol–water partition coefficient (Wildman–Crippen LogP) is 2.42. The molecule has 0 spiro atoms. The number of hydrogen-bond donors (Lipinski definition) is 1. The summed E-state index contributed by atoms with van der Waals surface area (Å²) < 4.78 is 6.65. The van der Waals surface area contributed by atoms with E-state index in [-0.39, 0.29) is 5.56 Å². The summed E-state index contributed by atoms with van der Waals surface area (Å²) in [6.07, 6.45) is 1.83. The van der Waals surface area contributed by atoms with Crippen LogP contribution in [0.3, 0.4) is 0 Å². The van der Waals surface area contributed by atoms with Gasteiger partial charge in [0.1, 0.15) is 0 Å². The SMILES string of the molecule is COCCn1cc(NCc2ccc(C)cc2)ccc1=O. The molecule has 0 radical (unpaired) electrons. The maximum absolute atomic E-state index is 11.7. The maximum atomic E-state index is 11.7. The molecular formula is C16H20N2O2. The van der Waals surface area contributed by atoms with Crippen LogP contribution >= 0.6 is 0 Å². The van der Waals surface area contributed by atoms with E-state index in [1.807, 2.05) is 6.20 Å². The molecule has 1 aromatic carbocycles. The van der Waals surface area contributed by atoms with E-state index in [0.717, 1.165) is 12.2 Å². The van der Waals surface area contributed by atoms with Crippen molar-refractivity contribution in [2.24, 2.45) is 0 Å². The van der Waals surface area contributed by atoms with Crippen LogP contribution in [0.1, 0.15) is 11.1 Å². The second-order valence-electron chi connectivity index (χ2n) is 4.78. The fraction of sp³-hybridized carbons (Fsp3) is 0.312. The van der Waals surface area contributed by atoms with Gasteiger partial charge in [-0.1, -0.05) is 29.8 Å². The molecule has 2 aromatic rings. The standard InChI is InChI=1S/C16H20N2O2/c1-13-3-5-14(6-4-13)11-17-15-7-8-16(19)18(12-15)9-10-20-2/h3-8,12,17H,9-11H2,1-2H3. The van der Waals surface area contributed by atoms with Crippen LogP contribution < -0.4 is 10.9 Å². The number of anilines is 1. The van der Waals surface area contributed by atoms with Crippen LogP contribution in [-0.4, -0.2) is 18.3 Å². The smallest absolute Gasteiger partial charge is 0.250 e. The quantitative estimate of drug-likeness (QED) is 0.878. The first-order valence-corrected chi connectivity index (χ1v) is 6.68. The lowest BCUT2D eigenvalue weighted by molar-refractivity contribution is 0.186. The molecule has 0 amide bonds. The highest BCUT2D eigenvalue weighted by Gasteiger charge is 1.99. The van der Waals surface area contributed by atoms with Crippen molar-refractivity contribution in [2.75, 3.05) is 19.0 Å². The number of pyridine rings is 1. The Morgan fingerprint density at radius 3 is 2.60 bits per heavy atom. The third-order valence-electron chi connectivity index (χ3n) is 3.14. The van der Waals surface area contributed by atoms with Crippen molar-refractivity contribution in [2.45, 2.75) is 20.0 Å². The van der Waals surface area contributed by atoms with E-state index < -0.39 is 0 Å². The van der Waals surface area contributed by atoms with E-state index in [4.69, 9.17) is 4.74 Å². The molecule has 0 saturated heterocycles. The van der Waals surface area contributed by atoms with E-state index >= 15 is 0 Å². The molecule has 2 rings (SSSR count). The Bertz CT molecular complexity index is 603. The van der Waals surface area contributed by atoms with Crippen LogP contribution in [0.15, 0.2) is 47.4 Å². The van der Waals surface area contributed by atoms with Crippen LogP contribution in [-0.2, 0) is 17.8 Å². The Morgan fingerprint density at radius 2 is 1.90 bits per heavy atom. The van der Waals surface area contributed by atoms with Crippen molar-refractivity contribution >= 4 is 5.69 Å². The van der Waals surface area contributed by atoms with Gasteiger partial charge in [-0.05, 0) is 18.6 Å². The van der Waals surface area contributed by atoms with Gasteiger partial charge in [-0.2, -0.15) is 0 Å². The number of ether oxygens (including phenoxy) is 1. The minimum atomic E-state index is -0.0112. The fourth-order valence-corrected chi connectivity index (χ4v) is 1.91. The zero-order chi connectivity index (χ0) is 14.4. The lowest BCUT2D eigenvalue weighted by atomic mass is 10.1. The number of benzene rings is 1. The summed E-state index contributed by atoms with van der Waals surface area (Å²) in [5, 5.41) is 3.32. The first kappa shape index (κ1) is 14.3. The third kappa shape index (κ3) is 3.96. The number of rotatable bonds is 6. The van der Waals surface area contributed by atoms with Gasteiger partial charge < -0.3 is 14.6 Å². The van der Waals surface area contributed by atoms with Gasteiger partial charge in [0, 0.05) is 32.5 Å². The highest BCUT2D eigenvalue weighted by molar-refractivity contribution is 5.41. The maximum Gasteiger partial charge on any atom is 0.250 e. The van der Waals surface area contributed by atoms with Gasteiger partial charge in [0.05, 0.1) is 12.3 Å². The molecule has 0 atom stereocenters. The van der Waals surface area contributed by atoms with Gasteiger partial charge in [0.2, 0.25) is 0 Å². The zero-order valence-electron chi connectivity index (χ0n) is 11.9. The highest BCUT2D eigenvalue weighted by atomic mass is 16.5. The van der Waals surface area contributed by atoms with E-state index in [1.54, 1.807) is 23.8 Å². The second kappa shape index (κ2) is 6.91. The first-order valence-electron chi connectivity index (χ1n) is 6.68. The van der Waals surface area contributed by atoms with Crippen LogP contribution in [0.4, 0.5) is 5.69 Å². The lowest BCUT2D eigenvalue weighted by Gasteiger charge is -2.10. The van der Waals surface area contributed by atoms with Crippen LogP contribution in [0, 0.1) is 6.92 Å². The Kier molecular flexibility index (Phi) is 4.96. The van der Waals surface area contributed by atoms with Gasteiger partial charge in [0.15, 0.2) is 0 Å². The number of nitrogens with zero attached hydrogens (tertiary/aromatic N) is 1. The molecule has 0 saturated carbocycles. The van der Waals surface area contributed by atoms with Gasteiger partial charge in [-0.15, -0.1) is 0 Å². The van der Waals surface area contributed by atoms with E-state index in [1.165, 1.54) is 11.1 Å². The van der Waals surface area contributed by atoms with Crippen molar-refractivity contribution in [1.29, 1.82) is 0 Å². The Hall–Kier alpha value is -2.07. The summed E-state index contributed by atoms with van der Waals surface area (Å²) in [4.78, 5) is 11.7. The molecule has 0 bridgehead atoms. The minimum absolute atomic E-state index is 0.0112. The number of nitrogens with one attached hydrogen (secondary N) is 1. The van der Waals surface area contributed by atoms with Crippen molar-refractivity contribution < 1.29 is 4.74 Å². The van der Waals surface area contributed by atoms with Gasteiger partial charge in [-0.3, -0.25) is 4.79 Å². The molecule has 0 unspecified atom stereocenters. The topological polar surface area (TPSA) is 43.3 Å². The molecule has 0 aliphatic heterocycles. The van der Waals surface area contributed by atoms with Crippen molar-refractivity contribution in [3.05, 3.63) is 64.1 Å². The summed E-state index contributed by atoms with van der Waals surface area (Å²) in [5.74, 6) is 0. The van der Waals surface area contributed by atoms with E-state index in [9.17, 15) is 4.79 Å². The normalized spacial score (nSPS) is 10.5. The van der Waals surface area contributed by atoms with Crippen molar-refractivity contribution in [3.63, 3.8) is 0 Å². The number of hydrogen-bond acceptors (Lipinski definition) is 3. The Labute approximate surface area is 119 Å². The molecule has 1 heterocycles. The van der Waals surface area contributed by atoms with E-state index in [2.05, 4.69) is 36.5 Å². The Balaban J connectivity index is 2.02. The largest absolute Gasteiger partial charge is 0.383 e. The van der Waals surface area contributed by atoms with Crippen molar-refractivity contribution in [1.82, 2.24) is 4.57 Å². The molecular weight excluding hydrogens is 252 g/mol. The molecule has 4 heteroatoms. The molecule has 0 aliphatic rings. The minimum Gasteiger partial charge on any atom is -0.383 e. The van der Waals surface area contributed by atoms with E-state index in [0.29, 0.717) is 13.2 Å². The summed E-state index contributed by atoms with van der Waals surface area (Å²) in [6.45, 7) is 3.91. The summed E-state index contributed by atoms with van der Waals surface area (Å²) in [7, 11) is 1.63. The molecule has 20 heavy (non-hydrogen) atoms. The first-order chi connectivity index (χ1) is 9.69. The van der Waals surface area contributed by atoms with Gasteiger partial charge in [0.25, 0.3) is 5.56 Å². The number of aromatic nitrogens is 1. The summed E-state index contributed by atoms with van der Waals surface area (Å²) in [6, 6.07) is 11.8. The monoisotopic (exact) mass is 272 g/mol. The lowest BCUT2D eigenvalue weighted by Crippen LogP contribution is -2.21. The number of methoxy groups -OCH3 is 1. The molecule has 106 valence electrons. The second-order valence-corrected chi connectivity index (χ2v) is 4.78. The van der Waals surface area contributed by atoms with Crippen molar-refractivity contribution in [3.8, 4) is 0 Å². The van der Waals surface area contributed by atoms with Gasteiger partial charge >= 0.3 is 0 Å². The fourth-order valence-electron chi connectivity index (χ4n) is 1.91. The third-order valence-corrected chi connectivity index (χ3v) is 3.14. The predicted molar refractivity (Wildman–Crippen MR) is 81.1 cm³/mol. The van der Waals surface area contributed by atoms with Crippen LogP contribution in [0.2, 0.25) is 0 Å². The average Bonchev–Trinajstić information content (AvgIpc) is 2.46.